The van der Waals surface area contributed by atoms with Gasteiger partial charge in [-0.3, -0.25) is 4.79 Å². The van der Waals surface area contributed by atoms with Gasteiger partial charge >= 0.3 is 0 Å². The van der Waals surface area contributed by atoms with E-state index in [-0.39, 0.29) is 17.4 Å². The maximum absolute atomic E-state index is 12.0. The van der Waals surface area contributed by atoms with E-state index >= 15 is 0 Å². The second-order valence-corrected chi connectivity index (χ2v) is 7.57. The Morgan fingerprint density at radius 2 is 2.00 bits per heavy atom. The van der Waals surface area contributed by atoms with Crippen LogP contribution >= 0.6 is 11.6 Å². The molecule has 0 aliphatic heterocycles. The molecule has 0 bridgehead atoms. The first-order chi connectivity index (χ1) is 11.7. The van der Waals surface area contributed by atoms with Crippen molar-refractivity contribution in [3.05, 3.63) is 58.6 Å². The number of nitrogens with one attached hydrogen (secondary N) is 1. The number of benzene rings is 2. The normalized spacial score (nSPS) is 12.5. The molecule has 0 aliphatic carbocycles. The van der Waals surface area contributed by atoms with Gasteiger partial charge in [-0.1, -0.05) is 23.7 Å². The minimum Gasteiger partial charge on any atom is -0.484 e. The molecule has 0 fully saturated rings. The Hall–Kier alpha value is -2.09. The van der Waals surface area contributed by atoms with E-state index in [1.807, 2.05) is 6.92 Å². The summed E-state index contributed by atoms with van der Waals surface area (Å²) in [6.07, 6.45) is 0. The third-order valence-corrected chi connectivity index (χ3v) is 4.90. The van der Waals surface area contributed by atoms with Crippen LogP contribution in [-0.4, -0.2) is 20.9 Å². The summed E-state index contributed by atoms with van der Waals surface area (Å²) < 4.78 is 28.2. The molecule has 0 aliphatic rings. The van der Waals surface area contributed by atoms with E-state index in [0.29, 0.717) is 16.3 Å². The molecule has 2 aromatic carbocycles. The molecule has 25 heavy (non-hydrogen) atoms. The predicted octanol–water partition coefficient (Wildman–Crippen LogP) is 2.55. The number of sulfonamides is 1. The summed E-state index contributed by atoms with van der Waals surface area (Å²) in [6, 6.07) is 10.9. The molecule has 8 heteroatoms. The molecular weight excluding hydrogens is 364 g/mol. The van der Waals surface area contributed by atoms with Crippen molar-refractivity contribution in [2.24, 2.45) is 5.14 Å². The van der Waals surface area contributed by atoms with Crippen molar-refractivity contribution in [1.82, 2.24) is 5.32 Å². The number of primary sulfonamides is 1. The van der Waals surface area contributed by atoms with E-state index in [4.69, 9.17) is 21.5 Å². The lowest BCUT2D eigenvalue weighted by molar-refractivity contribution is -0.123. The minimum absolute atomic E-state index is 0.000937. The number of carbonyl (C=O) groups is 1. The Balaban J connectivity index is 1.97. The van der Waals surface area contributed by atoms with Gasteiger partial charge in [-0.05, 0) is 55.3 Å². The molecule has 1 atom stereocenters. The van der Waals surface area contributed by atoms with E-state index in [1.165, 1.54) is 12.1 Å². The lowest BCUT2D eigenvalue weighted by Gasteiger charge is -2.15. The molecule has 1 unspecified atom stereocenters. The maximum atomic E-state index is 12.0. The van der Waals surface area contributed by atoms with Gasteiger partial charge in [-0.25, -0.2) is 13.6 Å². The van der Waals surface area contributed by atoms with Crippen molar-refractivity contribution in [2.45, 2.75) is 24.8 Å². The minimum atomic E-state index is -3.79. The van der Waals surface area contributed by atoms with E-state index < -0.39 is 16.1 Å². The van der Waals surface area contributed by atoms with Crippen LogP contribution in [0.2, 0.25) is 5.02 Å². The molecule has 1 amide bonds. The molecule has 0 heterocycles. The van der Waals surface area contributed by atoms with Crippen molar-refractivity contribution in [3.63, 3.8) is 0 Å². The van der Waals surface area contributed by atoms with Gasteiger partial charge in [0.1, 0.15) is 5.75 Å². The quantitative estimate of drug-likeness (QED) is 0.802. The number of ether oxygens (including phenoxy) is 1. The number of amides is 1. The molecule has 0 aromatic heterocycles. The maximum Gasteiger partial charge on any atom is 0.258 e. The van der Waals surface area contributed by atoms with Crippen molar-refractivity contribution in [2.75, 3.05) is 6.61 Å². The molecule has 134 valence electrons. The second-order valence-electron chi connectivity index (χ2n) is 5.61. The highest BCUT2D eigenvalue weighted by atomic mass is 35.5. The predicted molar refractivity (Wildman–Crippen MR) is 96.1 cm³/mol. The highest BCUT2D eigenvalue weighted by molar-refractivity contribution is 7.89. The SMILES string of the molecule is Cc1cc(OCC(=O)NC(C)c2cccc(S(N)(=O)=O)c2)ccc1Cl. The summed E-state index contributed by atoms with van der Waals surface area (Å²) in [7, 11) is -3.79. The van der Waals surface area contributed by atoms with Crippen LogP contribution in [0.3, 0.4) is 0 Å². The number of hydrogen-bond acceptors (Lipinski definition) is 4. The number of hydrogen-bond donors (Lipinski definition) is 2. The Bertz CT molecular complexity index is 884. The second kappa shape index (κ2) is 7.86. The molecular formula is C17H19ClN2O4S. The molecule has 2 rings (SSSR count). The van der Waals surface area contributed by atoms with Gasteiger partial charge in [-0.2, -0.15) is 0 Å². The molecule has 0 radical (unpaired) electrons. The number of carbonyl (C=O) groups excluding carboxylic acids is 1. The van der Waals surface area contributed by atoms with Crippen LogP contribution < -0.4 is 15.2 Å². The molecule has 6 nitrogen and oxygen atoms in total. The molecule has 0 spiro atoms. The van der Waals surface area contributed by atoms with Crippen LogP contribution in [0.1, 0.15) is 24.1 Å². The topological polar surface area (TPSA) is 98.5 Å². The Morgan fingerprint density at radius 1 is 1.28 bits per heavy atom. The number of halogens is 1. The van der Waals surface area contributed by atoms with Gasteiger partial charge in [0.15, 0.2) is 6.61 Å². The zero-order valence-corrected chi connectivity index (χ0v) is 15.4. The summed E-state index contributed by atoms with van der Waals surface area (Å²) in [5.74, 6) is 0.210. The molecule has 0 saturated carbocycles. The fourth-order valence-electron chi connectivity index (χ4n) is 2.18. The van der Waals surface area contributed by atoms with Crippen molar-refractivity contribution in [3.8, 4) is 5.75 Å². The standard InChI is InChI=1S/C17H19ClN2O4S/c1-11-8-14(6-7-16(11)18)24-10-17(21)20-12(2)13-4-3-5-15(9-13)25(19,22)23/h3-9,12H,10H2,1-2H3,(H,20,21)(H2,19,22,23). The lowest BCUT2D eigenvalue weighted by Crippen LogP contribution is -2.31. The smallest absolute Gasteiger partial charge is 0.258 e. The first-order valence-electron chi connectivity index (χ1n) is 7.48. The first-order valence-corrected chi connectivity index (χ1v) is 9.40. The van der Waals surface area contributed by atoms with E-state index in [9.17, 15) is 13.2 Å². The monoisotopic (exact) mass is 382 g/mol. The number of rotatable bonds is 6. The molecule has 2 aromatic rings. The summed E-state index contributed by atoms with van der Waals surface area (Å²) in [4.78, 5) is 12.0. The van der Waals surface area contributed by atoms with Gasteiger partial charge < -0.3 is 10.1 Å². The molecule has 3 N–H and O–H groups in total. The summed E-state index contributed by atoms with van der Waals surface area (Å²) in [6.45, 7) is 3.42. The first kappa shape index (κ1) is 19.2. The van der Waals surface area contributed by atoms with Crippen molar-refractivity contribution in [1.29, 1.82) is 0 Å². The average Bonchev–Trinajstić information content (AvgIpc) is 2.55. The van der Waals surface area contributed by atoms with Gasteiger partial charge in [0, 0.05) is 5.02 Å². The van der Waals surface area contributed by atoms with Crippen LogP contribution in [0.25, 0.3) is 0 Å². The van der Waals surface area contributed by atoms with Gasteiger partial charge in [0.25, 0.3) is 5.91 Å². The Morgan fingerprint density at radius 3 is 2.64 bits per heavy atom. The Kier molecular flexibility index (Phi) is 6.05. The van der Waals surface area contributed by atoms with Gasteiger partial charge in [0.2, 0.25) is 10.0 Å². The third-order valence-electron chi connectivity index (χ3n) is 3.56. The zero-order valence-electron chi connectivity index (χ0n) is 13.8. The van der Waals surface area contributed by atoms with Crippen LogP contribution in [-0.2, 0) is 14.8 Å². The van der Waals surface area contributed by atoms with Gasteiger partial charge in [-0.15, -0.1) is 0 Å². The van der Waals surface area contributed by atoms with Crippen LogP contribution in [0.15, 0.2) is 47.4 Å². The summed E-state index contributed by atoms with van der Waals surface area (Å²) in [5, 5.41) is 8.49. The van der Waals surface area contributed by atoms with E-state index in [0.717, 1.165) is 5.56 Å². The fraction of sp³-hybridized carbons (Fsp3) is 0.235. The van der Waals surface area contributed by atoms with Crippen molar-refractivity contribution >= 4 is 27.5 Å². The third kappa shape index (κ3) is 5.45. The Labute approximate surface area is 152 Å². The van der Waals surface area contributed by atoms with Crippen LogP contribution in [0.5, 0.6) is 5.75 Å². The largest absolute Gasteiger partial charge is 0.484 e. The lowest BCUT2D eigenvalue weighted by atomic mass is 10.1. The summed E-state index contributed by atoms with van der Waals surface area (Å²) >= 11 is 5.94. The summed E-state index contributed by atoms with van der Waals surface area (Å²) in [5.41, 5.74) is 1.48. The average molecular weight is 383 g/mol. The van der Waals surface area contributed by atoms with Crippen LogP contribution in [0.4, 0.5) is 0 Å². The van der Waals surface area contributed by atoms with Crippen LogP contribution in [0, 0.1) is 6.92 Å². The number of nitrogens with two attached hydrogens (primary N) is 1. The number of aryl methyl sites for hydroxylation is 1. The van der Waals surface area contributed by atoms with E-state index in [1.54, 1.807) is 37.3 Å². The fourth-order valence-corrected chi connectivity index (χ4v) is 2.87. The highest BCUT2D eigenvalue weighted by Gasteiger charge is 2.14. The van der Waals surface area contributed by atoms with E-state index in [2.05, 4.69) is 5.32 Å². The highest BCUT2D eigenvalue weighted by Crippen LogP contribution is 2.21. The van der Waals surface area contributed by atoms with Gasteiger partial charge in [0.05, 0.1) is 10.9 Å². The van der Waals surface area contributed by atoms with Crippen molar-refractivity contribution < 1.29 is 17.9 Å². The molecule has 0 saturated heterocycles. The zero-order chi connectivity index (χ0) is 18.6.